The summed E-state index contributed by atoms with van der Waals surface area (Å²) in [6, 6.07) is 9.63. The van der Waals surface area contributed by atoms with Gasteiger partial charge in [0, 0.05) is 5.56 Å². The number of hydrogen-bond acceptors (Lipinski definition) is 6. The van der Waals surface area contributed by atoms with Gasteiger partial charge in [-0.15, -0.1) is 0 Å². The summed E-state index contributed by atoms with van der Waals surface area (Å²) < 4.78 is 20.0. The minimum absolute atomic E-state index is 0.00425. The molecule has 1 aromatic carbocycles. The van der Waals surface area contributed by atoms with Crippen molar-refractivity contribution in [1.82, 2.24) is 20.6 Å². The highest BCUT2D eigenvalue weighted by atomic mass is 35.5. The van der Waals surface area contributed by atoms with Crippen molar-refractivity contribution < 1.29 is 18.7 Å². The fraction of sp³-hybridized carbons (Fsp3) is 0.357. The van der Waals surface area contributed by atoms with Crippen LogP contribution < -0.4 is 15.5 Å². The first-order valence-electron chi connectivity index (χ1n) is 12.3. The summed E-state index contributed by atoms with van der Waals surface area (Å²) in [7, 11) is 0. The third-order valence-corrected chi connectivity index (χ3v) is 6.16. The third kappa shape index (κ3) is 5.72. The lowest BCUT2D eigenvalue weighted by Crippen LogP contribution is -2.42. The number of rotatable bonds is 5. The van der Waals surface area contributed by atoms with Gasteiger partial charge in [0.15, 0.2) is 0 Å². The molecule has 3 aromatic rings. The number of anilines is 2. The van der Waals surface area contributed by atoms with Crippen molar-refractivity contribution in [3.05, 3.63) is 69.8 Å². The number of nitrogens with one attached hydrogen (secondary N) is 2. The van der Waals surface area contributed by atoms with Crippen molar-refractivity contribution in [1.29, 1.82) is 0 Å². The maximum Gasteiger partial charge on any atom is 0.407 e. The highest BCUT2D eigenvalue weighted by Crippen LogP contribution is 2.40. The largest absolute Gasteiger partial charge is 0.444 e. The zero-order chi connectivity index (χ0) is 27.8. The Kier molecular flexibility index (Phi) is 7.60. The van der Waals surface area contributed by atoms with Gasteiger partial charge in [0.1, 0.15) is 17.2 Å². The van der Waals surface area contributed by atoms with E-state index in [0.717, 1.165) is 16.9 Å². The number of halogens is 2. The summed E-state index contributed by atoms with van der Waals surface area (Å²) in [5.74, 6) is -0.413. The molecule has 0 bridgehead atoms. The zero-order valence-electron chi connectivity index (χ0n) is 22.3. The molecular weight excluding hydrogens is 509 g/mol. The van der Waals surface area contributed by atoms with E-state index in [-0.39, 0.29) is 46.9 Å². The lowest BCUT2D eigenvalue weighted by atomic mass is 10.0. The highest BCUT2D eigenvalue weighted by Gasteiger charge is 2.31. The van der Waals surface area contributed by atoms with Crippen LogP contribution in [-0.4, -0.2) is 34.2 Å². The van der Waals surface area contributed by atoms with Gasteiger partial charge >= 0.3 is 6.09 Å². The first-order valence-corrected chi connectivity index (χ1v) is 12.7. The number of hydrogen-bond donors (Lipinski definition) is 2. The summed E-state index contributed by atoms with van der Waals surface area (Å²) in [5.41, 5.74) is 3.24. The Hall–Kier alpha value is -3.72. The predicted octanol–water partition coefficient (Wildman–Crippen LogP) is 6.23. The Morgan fingerprint density at radius 2 is 1.92 bits per heavy atom. The normalized spacial score (nSPS) is 13.3. The standard InChI is InChI=1S/C28H31ClFN5O3/c1-15(2)22-24(16(3)11-17(33-22)13-31-27(37)38-28(4,5)6)35-14-32-26(36)19-12-20(29)23(34-25(19)35)18-9-7-8-10-21(18)30/h7-12,15H,13-14H2,1-6H3,(H,31,37)(H,32,36). The second-order valence-electron chi connectivity index (χ2n) is 10.4. The lowest BCUT2D eigenvalue weighted by Gasteiger charge is -2.33. The van der Waals surface area contributed by atoms with Gasteiger partial charge < -0.3 is 20.3 Å². The summed E-state index contributed by atoms with van der Waals surface area (Å²) in [4.78, 5) is 36.3. The van der Waals surface area contributed by atoms with Crippen LogP contribution in [0, 0.1) is 12.7 Å². The Bertz CT molecular complexity index is 1400. The highest BCUT2D eigenvalue weighted by molar-refractivity contribution is 6.33. The van der Waals surface area contributed by atoms with Gasteiger partial charge in [0.05, 0.1) is 46.6 Å². The van der Waals surface area contributed by atoms with Crippen molar-refractivity contribution in [3.8, 4) is 11.3 Å². The number of carbonyl (C=O) groups excluding carboxylic acids is 2. The van der Waals surface area contributed by atoms with Crippen molar-refractivity contribution in [2.24, 2.45) is 0 Å². The molecule has 0 saturated heterocycles. The van der Waals surface area contributed by atoms with Gasteiger partial charge in [-0.05, 0) is 63.4 Å². The van der Waals surface area contributed by atoms with E-state index < -0.39 is 17.5 Å². The average molecular weight is 540 g/mol. The van der Waals surface area contributed by atoms with Gasteiger partial charge in [-0.2, -0.15) is 0 Å². The molecule has 4 rings (SSSR count). The van der Waals surface area contributed by atoms with Gasteiger partial charge in [0.25, 0.3) is 5.91 Å². The van der Waals surface area contributed by atoms with Crippen LogP contribution in [0.25, 0.3) is 11.3 Å². The van der Waals surface area contributed by atoms with Gasteiger partial charge in [-0.25, -0.2) is 14.2 Å². The quantitative estimate of drug-likeness (QED) is 0.399. The predicted molar refractivity (Wildman–Crippen MR) is 145 cm³/mol. The molecular formula is C28H31ClFN5O3. The minimum Gasteiger partial charge on any atom is -0.444 e. The Morgan fingerprint density at radius 3 is 2.58 bits per heavy atom. The maximum atomic E-state index is 14.6. The van der Waals surface area contributed by atoms with E-state index in [1.165, 1.54) is 12.1 Å². The molecule has 2 N–H and O–H groups in total. The Balaban J connectivity index is 1.77. The van der Waals surface area contributed by atoms with Crippen LogP contribution in [-0.2, 0) is 11.3 Å². The van der Waals surface area contributed by atoms with E-state index in [9.17, 15) is 14.0 Å². The van der Waals surface area contributed by atoms with Crippen molar-refractivity contribution in [2.75, 3.05) is 11.6 Å². The van der Waals surface area contributed by atoms with E-state index in [2.05, 4.69) is 10.6 Å². The molecule has 0 aliphatic carbocycles. The molecule has 0 saturated carbocycles. The second kappa shape index (κ2) is 10.6. The lowest BCUT2D eigenvalue weighted by molar-refractivity contribution is 0.0522. The first-order chi connectivity index (χ1) is 17.9. The number of aromatic nitrogens is 2. The topological polar surface area (TPSA) is 96.5 Å². The Morgan fingerprint density at radius 1 is 1.21 bits per heavy atom. The van der Waals surface area contributed by atoms with E-state index in [1.807, 2.05) is 31.7 Å². The molecule has 0 unspecified atom stereocenters. The molecule has 0 spiro atoms. The van der Waals surface area contributed by atoms with Gasteiger partial charge in [-0.1, -0.05) is 37.6 Å². The SMILES string of the molecule is Cc1cc(CNC(=O)OC(C)(C)C)nc(C(C)C)c1N1CNC(=O)c2cc(Cl)c(-c3ccccc3F)nc21. The van der Waals surface area contributed by atoms with Crippen LogP contribution in [0.5, 0.6) is 0 Å². The first kappa shape index (κ1) is 27.3. The van der Waals surface area contributed by atoms with Crippen LogP contribution in [0.4, 0.5) is 20.7 Å². The molecule has 2 amide bonds. The molecule has 200 valence electrons. The maximum absolute atomic E-state index is 14.6. The molecule has 38 heavy (non-hydrogen) atoms. The monoisotopic (exact) mass is 539 g/mol. The molecule has 10 heteroatoms. The van der Waals surface area contributed by atoms with E-state index in [1.54, 1.807) is 39.0 Å². The molecule has 1 aliphatic heterocycles. The summed E-state index contributed by atoms with van der Waals surface area (Å²) in [6.07, 6.45) is -0.526. The second-order valence-corrected chi connectivity index (χ2v) is 10.8. The fourth-order valence-electron chi connectivity index (χ4n) is 4.28. The molecule has 0 radical (unpaired) electrons. The van der Waals surface area contributed by atoms with Crippen LogP contribution in [0.1, 0.15) is 67.8 Å². The number of nitrogens with zero attached hydrogens (tertiary/aromatic N) is 3. The number of alkyl carbamates (subject to hydrolysis) is 1. The number of fused-ring (bicyclic) bond motifs is 1. The summed E-state index contributed by atoms with van der Waals surface area (Å²) >= 11 is 6.48. The Labute approximate surface area is 226 Å². The molecule has 8 nitrogen and oxygen atoms in total. The molecule has 0 atom stereocenters. The van der Waals surface area contributed by atoms with Crippen LogP contribution in [0.15, 0.2) is 36.4 Å². The van der Waals surface area contributed by atoms with Crippen LogP contribution >= 0.6 is 11.6 Å². The zero-order valence-corrected chi connectivity index (χ0v) is 23.0. The number of benzene rings is 1. The number of pyridine rings is 2. The molecule has 2 aromatic heterocycles. The fourth-order valence-corrected chi connectivity index (χ4v) is 4.53. The number of ether oxygens (including phenoxy) is 1. The number of aryl methyl sites for hydroxylation is 1. The third-order valence-electron chi connectivity index (χ3n) is 5.88. The summed E-state index contributed by atoms with van der Waals surface area (Å²) in [5, 5.41) is 5.79. The number of carbonyl (C=O) groups is 2. The molecule has 0 fully saturated rings. The minimum atomic E-state index is -0.607. The molecule has 1 aliphatic rings. The van der Waals surface area contributed by atoms with Gasteiger partial charge in [0.2, 0.25) is 0 Å². The van der Waals surface area contributed by atoms with Crippen molar-refractivity contribution in [2.45, 2.75) is 59.6 Å². The van der Waals surface area contributed by atoms with E-state index >= 15 is 0 Å². The average Bonchev–Trinajstić information content (AvgIpc) is 2.82. The molecule has 3 heterocycles. The van der Waals surface area contributed by atoms with Crippen molar-refractivity contribution >= 4 is 35.1 Å². The van der Waals surface area contributed by atoms with E-state index in [0.29, 0.717) is 11.5 Å². The smallest absolute Gasteiger partial charge is 0.407 e. The van der Waals surface area contributed by atoms with Crippen molar-refractivity contribution in [3.63, 3.8) is 0 Å². The van der Waals surface area contributed by atoms with Crippen LogP contribution in [0.3, 0.4) is 0 Å². The van der Waals surface area contributed by atoms with Crippen LogP contribution in [0.2, 0.25) is 5.02 Å². The van der Waals surface area contributed by atoms with Gasteiger partial charge in [-0.3, -0.25) is 9.78 Å². The number of amides is 2. The summed E-state index contributed by atoms with van der Waals surface area (Å²) in [6.45, 7) is 11.7. The van der Waals surface area contributed by atoms with E-state index in [4.69, 9.17) is 26.3 Å².